The van der Waals surface area contributed by atoms with Gasteiger partial charge in [0.25, 0.3) is 11.8 Å². The average Bonchev–Trinajstić information content (AvgIpc) is 3.58. The summed E-state index contributed by atoms with van der Waals surface area (Å²) in [7, 11) is 0. The monoisotopic (exact) mass is 664 g/mol. The topological polar surface area (TPSA) is 116 Å². The summed E-state index contributed by atoms with van der Waals surface area (Å²) in [6, 6.07) is 14.6. The molecule has 254 valence electrons. The highest BCUT2D eigenvalue weighted by atomic mass is 19.3. The number of alkyl halides is 4. The number of aromatic nitrogens is 4. The molecule has 2 aromatic carbocycles. The maximum Gasteiger partial charge on any atom is 0.260 e. The molecule has 2 aliphatic rings. The van der Waals surface area contributed by atoms with Gasteiger partial charge in [0.05, 0.1) is 35.9 Å². The van der Waals surface area contributed by atoms with Gasteiger partial charge in [0.15, 0.2) is 0 Å². The Morgan fingerprint density at radius 3 is 1.21 bits per heavy atom. The van der Waals surface area contributed by atoms with E-state index in [1.165, 1.54) is 0 Å². The molecule has 2 aliphatic carbocycles. The van der Waals surface area contributed by atoms with Crippen LogP contribution in [0.5, 0.6) is 0 Å². The highest BCUT2D eigenvalue weighted by Gasteiger charge is 2.62. The lowest BCUT2D eigenvalue weighted by molar-refractivity contribution is -0.127. The van der Waals surface area contributed by atoms with Crippen LogP contribution in [0.25, 0.3) is 33.6 Å². The van der Waals surface area contributed by atoms with Crippen LogP contribution in [0, 0.1) is 22.7 Å². The first-order valence-electron chi connectivity index (χ1n) is 16.0. The van der Waals surface area contributed by atoms with Crippen molar-refractivity contribution in [3.8, 4) is 33.6 Å². The molecule has 2 saturated carbocycles. The fourth-order valence-corrected chi connectivity index (χ4v) is 5.82. The number of benzene rings is 2. The van der Waals surface area contributed by atoms with Crippen molar-refractivity contribution in [1.82, 2.24) is 30.6 Å². The third-order valence-electron chi connectivity index (χ3n) is 9.05. The molecule has 0 spiro atoms. The minimum absolute atomic E-state index is 0.426. The van der Waals surface area contributed by atoms with Gasteiger partial charge >= 0.3 is 0 Å². The molecule has 6 rings (SSSR count). The van der Waals surface area contributed by atoms with Crippen molar-refractivity contribution >= 4 is 11.8 Å². The molecule has 4 aromatic rings. The molecule has 4 atom stereocenters. The Morgan fingerprint density at radius 2 is 0.938 bits per heavy atom. The normalized spacial score (nSPS) is 20.9. The van der Waals surface area contributed by atoms with E-state index < -0.39 is 71.3 Å². The molecular formula is C36H40F4N6O2. The van der Waals surface area contributed by atoms with Crippen LogP contribution < -0.4 is 10.6 Å². The Balaban J connectivity index is 1.13. The van der Waals surface area contributed by atoms with Crippen molar-refractivity contribution in [3.05, 3.63) is 72.6 Å². The van der Waals surface area contributed by atoms with Gasteiger partial charge in [0.2, 0.25) is 11.8 Å². The van der Waals surface area contributed by atoms with Crippen LogP contribution >= 0.6 is 0 Å². The molecule has 0 saturated heterocycles. The third kappa shape index (κ3) is 6.88. The van der Waals surface area contributed by atoms with Crippen LogP contribution in [-0.4, -0.2) is 43.6 Å². The molecule has 4 N–H and O–H groups in total. The third-order valence-corrected chi connectivity index (χ3v) is 9.05. The molecule has 0 aliphatic heterocycles. The Hall–Kier alpha value is -4.48. The summed E-state index contributed by atoms with van der Waals surface area (Å²) in [6.07, 6.45) is 2.49. The zero-order valence-corrected chi connectivity index (χ0v) is 27.7. The minimum Gasteiger partial charge on any atom is -0.345 e. The summed E-state index contributed by atoms with van der Waals surface area (Å²) in [6.45, 7) is 11.5. The van der Waals surface area contributed by atoms with E-state index in [1.54, 1.807) is 12.4 Å². The zero-order valence-electron chi connectivity index (χ0n) is 27.7. The molecule has 0 radical (unpaired) electrons. The fourth-order valence-electron chi connectivity index (χ4n) is 5.82. The lowest BCUT2D eigenvalue weighted by Gasteiger charge is -2.30. The predicted octanol–water partition coefficient (Wildman–Crippen LogP) is 7.85. The summed E-state index contributed by atoms with van der Waals surface area (Å²) in [5.41, 5.74) is 4.24. The molecule has 4 unspecified atom stereocenters. The van der Waals surface area contributed by atoms with Crippen LogP contribution in [0.1, 0.15) is 78.1 Å². The van der Waals surface area contributed by atoms with Gasteiger partial charge in [-0.15, -0.1) is 0 Å². The maximum atomic E-state index is 13.5. The summed E-state index contributed by atoms with van der Waals surface area (Å²) in [5, 5.41) is 5.54. The van der Waals surface area contributed by atoms with Gasteiger partial charge in [0, 0.05) is 12.8 Å². The summed E-state index contributed by atoms with van der Waals surface area (Å²) >= 11 is 0. The number of imidazole rings is 2. The Morgan fingerprint density at radius 1 is 0.646 bits per heavy atom. The second-order valence-electron chi connectivity index (χ2n) is 15.2. The minimum atomic E-state index is -2.94. The molecule has 0 bridgehead atoms. The second kappa shape index (κ2) is 11.6. The molecule has 48 heavy (non-hydrogen) atoms. The number of halogens is 4. The van der Waals surface area contributed by atoms with Crippen molar-refractivity contribution in [1.29, 1.82) is 0 Å². The molecule has 8 nitrogen and oxygen atoms in total. The van der Waals surface area contributed by atoms with Crippen molar-refractivity contribution in [2.24, 2.45) is 22.7 Å². The lowest BCUT2D eigenvalue weighted by atomic mass is 9.86. The zero-order chi connectivity index (χ0) is 34.8. The van der Waals surface area contributed by atoms with Gasteiger partial charge < -0.3 is 20.6 Å². The Labute approximate surface area is 276 Å². The standard InChI is InChI=1S/C36H40F4N6O2/c1-33(2,3)27(45-31(47)23-15-35(23,37)38)29-41-17-25(43-29)21-11-7-19(8-12-21)20-9-13-22(14-10-20)26-18-42-30(44-26)28(34(4,5)6)46-32(48)24-16-36(24,39)40/h7-14,17-18,23-24,27-28H,15-16H2,1-6H3,(H,41,43)(H,42,44)(H,45,47)(H,46,48). The number of aromatic amines is 2. The second-order valence-corrected chi connectivity index (χ2v) is 15.2. The van der Waals surface area contributed by atoms with Crippen molar-refractivity contribution in [3.63, 3.8) is 0 Å². The van der Waals surface area contributed by atoms with Crippen LogP contribution in [0.15, 0.2) is 60.9 Å². The van der Waals surface area contributed by atoms with E-state index in [1.807, 2.05) is 90.1 Å². The number of rotatable bonds is 9. The van der Waals surface area contributed by atoms with Gasteiger partial charge in [-0.1, -0.05) is 90.1 Å². The van der Waals surface area contributed by atoms with E-state index in [-0.39, 0.29) is 0 Å². The van der Waals surface area contributed by atoms with E-state index in [0.717, 1.165) is 33.6 Å². The SMILES string of the molecule is CC(C)(C)C(NC(=O)C1CC1(F)F)c1ncc(-c2ccc(-c3ccc(-c4cnc(C(NC(=O)C5CC5(F)F)C(C)(C)C)[nH]4)cc3)cc2)[nH]1. The quantitative estimate of drug-likeness (QED) is 0.136. The highest BCUT2D eigenvalue weighted by molar-refractivity contribution is 5.84. The van der Waals surface area contributed by atoms with E-state index in [2.05, 4.69) is 30.6 Å². The van der Waals surface area contributed by atoms with Gasteiger partial charge in [-0.3, -0.25) is 9.59 Å². The Bertz CT molecular complexity index is 1680. The Kier molecular flexibility index (Phi) is 8.07. The van der Waals surface area contributed by atoms with E-state index >= 15 is 0 Å². The first-order valence-corrected chi connectivity index (χ1v) is 16.0. The molecule has 12 heteroatoms. The van der Waals surface area contributed by atoms with Crippen LogP contribution in [0.3, 0.4) is 0 Å². The van der Waals surface area contributed by atoms with Gasteiger partial charge in [0.1, 0.15) is 23.5 Å². The first-order chi connectivity index (χ1) is 22.3. The number of nitrogens with one attached hydrogen (secondary N) is 4. The van der Waals surface area contributed by atoms with Crippen molar-refractivity contribution < 1.29 is 27.2 Å². The van der Waals surface area contributed by atoms with Crippen LogP contribution in [0.2, 0.25) is 0 Å². The number of hydrogen-bond donors (Lipinski definition) is 4. The number of nitrogens with zero attached hydrogens (tertiary/aromatic N) is 2. The first kappa shape index (κ1) is 33.4. The van der Waals surface area contributed by atoms with Crippen molar-refractivity contribution in [2.75, 3.05) is 0 Å². The summed E-state index contributed by atoms with van der Waals surface area (Å²) in [5.74, 6) is -8.80. The van der Waals surface area contributed by atoms with Gasteiger partial charge in [-0.2, -0.15) is 0 Å². The number of hydrogen-bond acceptors (Lipinski definition) is 4. The number of H-pyrrole nitrogens is 2. The number of carbonyl (C=O) groups excluding carboxylic acids is 2. The van der Waals surface area contributed by atoms with Crippen LogP contribution in [0.4, 0.5) is 17.6 Å². The van der Waals surface area contributed by atoms with E-state index in [9.17, 15) is 27.2 Å². The molecule has 2 heterocycles. The molecule has 2 amide bonds. The molecule has 2 aromatic heterocycles. The smallest absolute Gasteiger partial charge is 0.260 e. The van der Waals surface area contributed by atoms with Crippen molar-refractivity contribution in [2.45, 2.75) is 78.3 Å². The van der Waals surface area contributed by atoms with Gasteiger partial charge in [-0.05, 0) is 33.1 Å². The predicted molar refractivity (Wildman–Crippen MR) is 174 cm³/mol. The number of carbonyl (C=O) groups is 2. The average molecular weight is 665 g/mol. The summed E-state index contributed by atoms with van der Waals surface area (Å²) < 4.78 is 54.0. The van der Waals surface area contributed by atoms with E-state index in [0.29, 0.717) is 11.6 Å². The largest absolute Gasteiger partial charge is 0.345 e. The van der Waals surface area contributed by atoms with Gasteiger partial charge in [-0.25, -0.2) is 27.5 Å². The van der Waals surface area contributed by atoms with Crippen LogP contribution in [-0.2, 0) is 9.59 Å². The lowest BCUT2D eigenvalue weighted by Crippen LogP contribution is -2.39. The molecular weight excluding hydrogens is 624 g/mol. The fraction of sp³-hybridized carbons (Fsp3) is 0.444. The maximum absolute atomic E-state index is 13.5. The summed E-state index contributed by atoms with van der Waals surface area (Å²) in [4.78, 5) is 40.4. The molecule has 2 fully saturated rings. The highest BCUT2D eigenvalue weighted by Crippen LogP contribution is 2.50. The number of amides is 2. The van der Waals surface area contributed by atoms with E-state index in [4.69, 9.17) is 0 Å².